The first kappa shape index (κ1) is 17.2. The number of rotatable bonds is 5. The molecule has 6 heteroatoms. The number of fused-ring (bicyclic) bond motifs is 1. The number of aromatic nitrogens is 4. The van der Waals surface area contributed by atoms with Gasteiger partial charge in [0.1, 0.15) is 5.82 Å². The summed E-state index contributed by atoms with van der Waals surface area (Å²) in [6, 6.07) is 3.62. The molecular weight excluding hydrogens is 338 g/mol. The molecule has 2 fully saturated rings. The van der Waals surface area contributed by atoms with Crippen molar-refractivity contribution < 1.29 is 0 Å². The predicted molar refractivity (Wildman–Crippen MR) is 104 cm³/mol. The summed E-state index contributed by atoms with van der Waals surface area (Å²) in [7, 11) is 0. The molecule has 0 radical (unpaired) electrons. The van der Waals surface area contributed by atoms with Gasteiger partial charge in [0, 0.05) is 44.2 Å². The highest BCUT2D eigenvalue weighted by molar-refractivity contribution is 5.12. The Balaban J connectivity index is 1.16. The fourth-order valence-electron chi connectivity index (χ4n) is 4.54. The van der Waals surface area contributed by atoms with Crippen LogP contribution < -0.4 is 5.56 Å². The van der Waals surface area contributed by atoms with Gasteiger partial charge < -0.3 is 4.57 Å². The Morgan fingerprint density at radius 2 is 1.89 bits per heavy atom. The monoisotopic (exact) mass is 367 g/mol. The second-order valence-corrected chi connectivity index (χ2v) is 8.57. The quantitative estimate of drug-likeness (QED) is 0.815. The third-order valence-electron chi connectivity index (χ3n) is 6.37. The first-order chi connectivity index (χ1) is 13.2. The van der Waals surface area contributed by atoms with E-state index in [9.17, 15) is 4.79 Å². The fourth-order valence-corrected chi connectivity index (χ4v) is 4.54. The van der Waals surface area contributed by atoms with Gasteiger partial charge in [0.2, 0.25) is 0 Å². The normalized spacial score (nSPS) is 21.3. The van der Waals surface area contributed by atoms with E-state index in [1.165, 1.54) is 37.2 Å². The fraction of sp³-hybridized carbons (Fsp3) is 0.667. The van der Waals surface area contributed by atoms with Crippen molar-refractivity contribution in [3.63, 3.8) is 0 Å². The van der Waals surface area contributed by atoms with E-state index in [-0.39, 0.29) is 5.56 Å². The third kappa shape index (κ3) is 3.86. The van der Waals surface area contributed by atoms with E-state index in [1.807, 2.05) is 6.07 Å². The summed E-state index contributed by atoms with van der Waals surface area (Å²) in [4.78, 5) is 19.5. The summed E-state index contributed by atoms with van der Waals surface area (Å²) in [5.41, 5.74) is 2.38. The van der Waals surface area contributed by atoms with E-state index in [0.717, 1.165) is 57.7 Å². The van der Waals surface area contributed by atoms with Crippen LogP contribution in [0.4, 0.5) is 0 Å². The summed E-state index contributed by atoms with van der Waals surface area (Å²) in [6.45, 7) is 5.04. The Hall–Kier alpha value is -1.95. The number of aryl methyl sites for hydroxylation is 2. The lowest BCUT2D eigenvalue weighted by Crippen LogP contribution is -2.36. The van der Waals surface area contributed by atoms with Crippen LogP contribution in [-0.4, -0.2) is 37.3 Å². The van der Waals surface area contributed by atoms with Crippen molar-refractivity contribution in [2.45, 2.75) is 70.5 Å². The predicted octanol–water partition coefficient (Wildman–Crippen LogP) is 2.57. The molecule has 2 aromatic heterocycles. The molecule has 1 saturated carbocycles. The topological polar surface area (TPSA) is 56.0 Å². The van der Waals surface area contributed by atoms with Crippen molar-refractivity contribution >= 4 is 0 Å². The molecule has 0 atom stereocenters. The second kappa shape index (κ2) is 7.23. The van der Waals surface area contributed by atoms with Crippen LogP contribution in [-0.2, 0) is 26.1 Å². The minimum Gasteiger partial charge on any atom is -0.335 e. The molecule has 1 saturated heterocycles. The molecule has 1 aliphatic carbocycles. The number of imidazole rings is 1. The number of hydrogen-bond donors (Lipinski definition) is 0. The van der Waals surface area contributed by atoms with Crippen LogP contribution in [0.5, 0.6) is 0 Å². The molecule has 0 spiro atoms. The lowest BCUT2D eigenvalue weighted by atomic mass is 9.97. The molecule has 0 unspecified atom stereocenters. The van der Waals surface area contributed by atoms with Gasteiger partial charge in [-0.1, -0.05) is 0 Å². The minimum absolute atomic E-state index is 0.0467. The molecule has 4 heterocycles. The number of piperidine rings is 1. The molecule has 0 bridgehead atoms. The van der Waals surface area contributed by atoms with Gasteiger partial charge >= 0.3 is 0 Å². The van der Waals surface area contributed by atoms with Gasteiger partial charge in [0.15, 0.2) is 0 Å². The maximum atomic E-state index is 12.2. The van der Waals surface area contributed by atoms with Gasteiger partial charge in [-0.2, -0.15) is 5.10 Å². The van der Waals surface area contributed by atoms with Crippen molar-refractivity contribution in [1.82, 2.24) is 24.2 Å². The average molecular weight is 367 g/mol. The van der Waals surface area contributed by atoms with Gasteiger partial charge in [-0.25, -0.2) is 9.67 Å². The molecule has 0 N–H and O–H groups in total. The number of nitrogens with zero attached hydrogens (tertiary/aromatic N) is 5. The third-order valence-corrected chi connectivity index (χ3v) is 6.37. The second-order valence-electron chi connectivity index (χ2n) is 8.57. The summed E-state index contributed by atoms with van der Waals surface area (Å²) in [5.74, 6) is 2.42. The zero-order valence-electron chi connectivity index (χ0n) is 16.0. The van der Waals surface area contributed by atoms with Crippen molar-refractivity contribution in [2.75, 3.05) is 13.1 Å². The van der Waals surface area contributed by atoms with Crippen LogP contribution in [0.15, 0.2) is 23.1 Å². The Labute approximate surface area is 160 Å². The van der Waals surface area contributed by atoms with E-state index in [2.05, 4.69) is 20.8 Å². The maximum absolute atomic E-state index is 12.2. The molecule has 144 valence electrons. The number of hydrogen-bond acceptors (Lipinski definition) is 4. The van der Waals surface area contributed by atoms with Gasteiger partial charge in [0.25, 0.3) is 5.56 Å². The van der Waals surface area contributed by atoms with Crippen LogP contribution >= 0.6 is 0 Å². The Kier molecular flexibility index (Phi) is 4.60. The summed E-state index contributed by atoms with van der Waals surface area (Å²) in [5, 5.41) is 4.63. The molecule has 6 nitrogen and oxygen atoms in total. The van der Waals surface area contributed by atoms with Crippen molar-refractivity contribution in [1.29, 1.82) is 0 Å². The van der Waals surface area contributed by atoms with E-state index in [4.69, 9.17) is 4.98 Å². The Morgan fingerprint density at radius 3 is 2.67 bits per heavy atom. The molecule has 3 aliphatic rings. The van der Waals surface area contributed by atoms with Crippen molar-refractivity contribution in [2.24, 2.45) is 5.92 Å². The highest BCUT2D eigenvalue weighted by atomic mass is 16.1. The molecule has 2 aliphatic heterocycles. The van der Waals surface area contributed by atoms with Gasteiger partial charge in [-0.05, 0) is 63.6 Å². The average Bonchev–Trinajstić information content (AvgIpc) is 3.45. The minimum atomic E-state index is 0.0467. The van der Waals surface area contributed by atoms with Gasteiger partial charge in [0.05, 0.1) is 11.4 Å². The van der Waals surface area contributed by atoms with Crippen molar-refractivity contribution in [3.8, 4) is 0 Å². The largest absolute Gasteiger partial charge is 0.335 e. The van der Waals surface area contributed by atoms with E-state index in [1.54, 1.807) is 10.7 Å². The van der Waals surface area contributed by atoms with Crippen LogP contribution in [0.1, 0.15) is 61.7 Å². The first-order valence-corrected chi connectivity index (χ1v) is 10.6. The lowest BCUT2D eigenvalue weighted by Gasteiger charge is -2.31. The molecule has 0 amide bonds. The summed E-state index contributed by atoms with van der Waals surface area (Å²) >= 11 is 0. The first-order valence-electron chi connectivity index (χ1n) is 10.6. The molecule has 0 aromatic carbocycles. The standard InChI is InChI=1S/C21H29N5O/c27-21-7-6-19(17-4-5-17)23-26(21)13-16-8-11-24(12-9-16)14-18-15-25-10-2-1-3-20(25)22-18/h6-7,15-17H,1-5,8-14H2. The van der Waals surface area contributed by atoms with E-state index in [0.29, 0.717) is 11.8 Å². The van der Waals surface area contributed by atoms with Crippen LogP contribution in [0, 0.1) is 5.92 Å². The maximum Gasteiger partial charge on any atom is 0.266 e. The van der Waals surface area contributed by atoms with Crippen molar-refractivity contribution in [3.05, 3.63) is 45.9 Å². The molecule has 2 aromatic rings. The highest BCUT2D eigenvalue weighted by Crippen LogP contribution is 2.38. The van der Waals surface area contributed by atoms with E-state index < -0.39 is 0 Å². The zero-order valence-corrected chi connectivity index (χ0v) is 16.0. The number of likely N-dealkylation sites (tertiary alicyclic amines) is 1. The summed E-state index contributed by atoms with van der Waals surface area (Å²) < 4.78 is 4.06. The zero-order chi connectivity index (χ0) is 18.2. The molecule has 5 rings (SSSR count). The Morgan fingerprint density at radius 1 is 1.04 bits per heavy atom. The van der Waals surface area contributed by atoms with Crippen LogP contribution in [0.2, 0.25) is 0 Å². The van der Waals surface area contributed by atoms with Gasteiger partial charge in [-0.3, -0.25) is 9.69 Å². The molecule has 27 heavy (non-hydrogen) atoms. The lowest BCUT2D eigenvalue weighted by molar-refractivity contribution is 0.162. The van der Waals surface area contributed by atoms with E-state index >= 15 is 0 Å². The molecular formula is C21H29N5O. The van der Waals surface area contributed by atoms with Gasteiger partial charge in [-0.15, -0.1) is 0 Å². The highest BCUT2D eigenvalue weighted by Gasteiger charge is 2.26. The Bertz CT molecular complexity index is 834. The summed E-state index contributed by atoms with van der Waals surface area (Å²) in [6.07, 6.45) is 10.7. The smallest absolute Gasteiger partial charge is 0.266 e. The van der Waals surface area contributed by atoms with Crippen LogP contribution in [0.3, 0.4) is 0 Å². The SMILES string of the molecule is O=c1ccc(C2CC2)nn1CC1CCN(Cc2cn3c(n2)CCCC3)CC1. The van der Waals surface area contributed by atoms with Crippen LogP contribution in [0.25, 0.3) is 0 Å².